The zero-order valence-electron chi connectivity index (χ0n) is 13.1. The molecule has 1 amide bonds. The first kappa shape index (κ1) is 20.0. The van der Waals surface area contributed by atoms with Crippen LogP contribution in [-0.2, 0) is 14.8 Å². The molecule has 0 heterocycles. The van der Waals surface area contributed by atoms with E-state index in [0.717, 1.165) is 5.56 Å². The van der Waals surface area contributed by atoms with Crippen LogP contribution in [0.5, 0.6) is 0 Å². The monoisotopic (exact) mass is 420 g/mol. The Hall–Kier alpha value is -1.31. The van der Waals surface area contributed by atoms with Crippen LogP contribution in [0.4, 0.5) is 5.69 Å². The van der Waals surface area contributed by atoms with Gasteiger partial charge in [0, 0.05) is 23.7 Å². The molecule has 0 saturated heterocycles. The van der Waals surface area contributed by atoms with Gasteiger partial charge in [-0.2, -0.15) is 0 Å². The summed E-state index contributed by atoms with van der Waals surface area (Å²) in [6.45, 7) is 1.68. The molecule has 2 aromatic carbocycles. The second kappa shape index (κ2) is 8.38. The molecule has 0 radical (unpaired) electrons. The zero-order valence-corrected chi connectivity index (χ0v) is 16.2. The fourth-order valence-corrected chi connectivity index (χ4v) is 4.41. The number of hydrogen-bond acceptors (Lipinski definition) is 3. The Morgan fingerprint density at radius 3 is 2.20 bits per heavy atom. The van der Waals surface area contributed by atoms with Crippen molar-refractivity contribution in [3.63, 3.8) is 0 Å². The third kappa shape index (κ3) is 5.09. The topological polar surface area (TPSA) is 75.3 Å². The maximum Gasteiger partial charge on any atom is 0.243 e. The van der Waals surface area contributed by atoms with Crippen molar-refractivity contribution in [1.82, 2.24) is 4.72 Å². The number of carbonyl (C=O) groups excluding carboxylic acids is 1. The summed E-state index contributed by atoms with van der Waals surface area (Å²) in [7, 11) is -3.92. The quantitative estimate of drug-likeness (QED) is 0.731. The number of halogens is 3. The number of benzene rings is 2. The summed E-state index contributed by atoms with van der Waals surface area (Å²) in [5, 5.41) is 3.25. The number of hydrogen-bond donors (Lipinski definition) is 2. The molecule has 0 bridgehead atoms. The van der Waals surface area contributed by atoms with E-state index in [0.29, 0.717) is 10.7 Å². The summed E-state index contributed by atoms with van der Waals surface area (Å²) >= 11 is 17.8. The molecule has 0 unspecified atom stereocenters. The predicted molar refractivity (Wildman–Crippen MR) is 101 cm³/mol. The molecule has 25 heavy (non-hydrogen) atoms. The van der Waals surface area contributed by atoms with E-state index in [4.69, 9.17) is 34.8 Å². The molecule has 5 nitrogen and oxygen atoms in total. The molecule has 0 saturated carbocycles. The molecule has 0 spiro atoms. The van der Waals surface area contributed by atoms with Gasteiger partial charge < -0.3 is 5.32 Å². The standard InChI is InChI=1S/C16H15Cl3N2O3S/c1-10-11(17)4-3-7-14(10)21-15(22)8-9-20-25(23,24)16-12(18)5-2-6-13(16)19/h2-7,20H,8-9H2,1H3,(H,21,22). The van der Waals surface area contributed by atoms with Gasteiger partial charge in [-0.25, -0.2) is 13.1 Å². The highest BCUT2D eigenvalue weighted by Crippen LogP contribution is 2.28. The largest absolute Gasteiger partial charge is 0.326 e. The van der Waals surface area contributed by atoms with Crippen LogP contribution < -0.4 is 10.0 Å². The Morgan fingerprint density at radius 1 is 1.00 bits per heavy atom. The van der Waals surface area contributed by atoms with Gasteiger partial charge in [-0.1, -0.05) is 46.9 Å². The van der Waals surface area contributed by atoms with E-state index in [9.17, 15) is 13.2 Å². The Balaban J connectivity index is 1.98. The molecule has 0 atom stereocenters. The average Bonchev–Trinajstić information content (AvgIpc) is 2.51. The highest BCUT2D eigenvalue weighted by atomic mass is 35.5. The third-order valence-corrected chi connectivity index (χ3v) is 6.20. The molecule has 2 N–H and O–H groups in total. The van der Waals surface area contributed by atoms with Gasteiger partial charge in [0.15, 0.2) is 0 Å². The summed E-state index contributed by atoms with van der Waals surface area (Å²) in [5.74, 6) is -0.349. The number of amides is 1. The molecule has 0 aliphatic rings. The van der Waals surface area contributed by atoms with Crippen molar-refractivity contribution >= 4 is 56.4 Å². The minimum absolute atomic E-state index is 0.0130. The summed E-state index contributed by atoms with van der Waals surface area (Å²) in [5.41, 5.74) is 1.32. The van der Waals surface area contributed by atoms with Gasteiger partial charge in [-0.3, -0.25) is 4.79 Å². The first-order chi connectivity index (χ1) is 11.7. The van der Waals surface area contributed by atoms with Crippen LogP contribution in [-0.4, -0.2) is 20.9 Å². The van der Waals surface area contributed by atoms with Crippen molar-refractivity contribution in [2.75, 3.05) is 11.9 Å². The van der Waals surface area contributed by atoms with E-state index in [2.05, 4.69) is 10.0 Å². The lowest BCUT2D eigenvalue weighted by Crippen LogP contribution is -2.28. The normalized spacial score (nSPS) is 11.4. The molecule has 0 aromatic heterocycles. The molecular formula is C16H15Cl3N2O3S. The summed E-state index contributed by atoms with van der Waals surface area (Å²) < 4.78 is 26.9. The molecule has 0 aliphatic heterocycles. The zero-order chi connectivity index (χ0) is 18.6. The molecular weight excluding hydrogens is 407 g/mol. The van der Waals surface area contributed by atoms with Gasteiger partial charge >= 0.3 is 0 Å². The van der Waals surface area contributed by atoms with Crippen molar-refractivity contribution in [2.24, 2.45) is 0 Å². The van der Waals surface area contributed by atoms with Gasteiger partial charge in [0.2, 0.25) is 15.9 Å². The second-order valence-corrected chi connectivity index (χ2v) is 8.08. The second-order valence-electron chi connectivity index (χ2n) is 5.16. The van der Waals surface area contributed by atoms with Crippen molar-refractivity contribution < 1.29 is 13.2 Å². The highest BCUT2D eigenvalue weighted by Gasteiger charge is 2.21. The Kier molecular flexibility index (Phi) is 6.71. The van der Waals surface area contributed by atoms with Crippen molar-refractivity contribution in [3.8, 4) is 0 Å². The van der Waals surface area contributed by atoms with Crippen molar-refractivity contribution in [2.45, 2.75) is 18.2 Å². The van der Waals surface area contributed by atoms with E-state index < -0.39 is 10.0 Å². The van der Waals surface area contributed by atoms with E-state index in [1.807, 2.05) is 0 Å². The average molecular weight is 422 g/mol. The van der Waals surface area contributed by atoms with E-state index in [1.54, 1.807) is 31.2 Å². The first-order valence-corrected chi connectivity index (χ1v) is 9.82. The number of nitrogens with one attached hydrogen (secondary N) is 2. The number of sulfonamides is 1. The molecule has 134 valence electrons. The Morgan fingerprint density at radius 2 is 1.56 bits per heavy atom. The van der Waals surface area contributed by atoms with Gasteiger partial charge in [0.25, 0.3) is 0 Å². The van der Waals surface area contributed by atoms with Crippen LogP contribution in [0.1, 0.15) is 12.0 Å². The smallest absolute Gasteiger partial charge is 0.243 e. The third-order valence-electron chi connectivity index (χ3n) is 3.37. The molecule has 0 fully saturated rings. The maximum absolute atomic E-state index is 12.3. The Labute approximate surface area is 161 Å². The van der Waals surface area contributed by atoms with Gasteiger partial charge in [-0.05, 0) is 36.8 Å². The van der Waals surface area contributed by atoms with E-state index in [-0.39, 0.29) is 33.8 Å². The number of carbonyl (C=O) groups is 1. The van der Waals surface area contributed by atoms with Crippen LogP contribution in [0, 0.1) is 6.92 Å². The highest BCUT2D eigenvalue weighted by molar-refractivity contribution is 7.89. The number of rotatable bonds is 6. The minimum Gasteiger partial charge on any atom is -0.326 e. The van der Waals surface area contributed by atoms with Crippen LogP contribution in [0.2, 0.25) is 15.1 Å². The summed E-state index contributed by atoms with van der Waals surface area (Å²) in [6, 6.07) is 9.55. The molecule has 2 aromatic rings. The van der Waals surface area contributed by atoms with E-state index >= 15 is 0 Å². The van der Waals surface area contributed by atoms with Gasteiger partial charge in [0.1, 0.15) is 4.90 Å². The van der Waals surface area contributed by atoms with Crippen LogP contribution in [0.3, 0.4) is 0 Å². The molecule has 9 heteroatoms. The lowest BCUT2D eigenvalue weighted by Gasteiger charge is -2.11. The molecule has 2 rings (SSSR count). The summed E-state index contributed by atoms with van der Waals surface area (Å²) in [6.07, 6.45) is -0.0622. The summed E-state index contributed by atoms with van der Waals surface area (Å²) in [4.78, 5) is 11.8. The SMILES string of the molecule is Cc1c(Cl)cccc1NC(=O)CCNS(=O)(=O)c1c(Cl)cccc1Cl. The fraction of sp³-hybridized carbons (Fsp3) is 0.188. The van der Waals surface area contributed by atoms with E-state index in [1.165, 1.54) is 12.1 Å². The lowest BCUT2D eigenvalue weighted by atomic mass is 10.2. The van der Waals surface area contributed by atoms with Crippen molar-refractivity contribution in [3.05, 3.63) is 57.0 Å². The molecule has 0 aliphatic carbocycles. The van der Waals surface area contributed by atoms with Crippen LogP contribution in [0.25, 0.3) is 0 Å². The lowest BCUT2D eigenvalue weighted by molar-refractivity contribution is -0.116. The predicted octanol–water partition coefficient (Wildman–Crippen LogP) is 4.26. The van der Waals surface area contributed by atoms with Crippen LogP contribution in [0.15, 0.2) is 41.3 Å². The van der Waals surface area contributed by atoms with Crippen LogP contribution >= 0.6 is 34.8 Å². The maximum atomic E-state index is 12.3. The fourth-order valence-electron chi connectivity index (χ4n) is 2.07. The van der Waals surface area contributed by atoms with Gasteiger partial charge in [-0.15, -0.1) is 0 Å². The van der Waals surface area contributed by atoms with Crippen molar-refractivity contribution in [1.29, 1.82) is 0 Å². The number of anilines is 1. The first-order valence-electron chi connectivity index (χ1n) is 7.21. The minimum atomic E-state index is -3.92. The van der Waals surface area contributed by atoms with Gasteiger partial charge in [0.05, 0.1) is 10.0 Å². The Bertz CT molecular complexity index is 881.